The van der Waals surface area contributed by atoms with Gasteiger partial charge in [-0.25, -0.2) is 0 Å². The molecule has 2 aromatic carbocycles. The Morgan fingerprint density at radius 2 is 1.64 bits per heavy atom. The molecule has 0 bridgehead atoms. The molecule has 0 aromatic heterocycles. The van der Waals surface area contributed by atoms with Crippen molar-refractivity contribution in [1.29, 1.82) is 0 Å². The Bertz CT molecular complexity index is 746. The minimum atomic E-state index is -0.432. The van der Waals surface area contributed by atoms with E-state index in [2.05, 4.69) is 36.5 Å². The van der Waals surface area contributed by atoms with Gasteiger partial charge in [-0.2, -0.15) is 0 Å². The monoisotopic (exact) mass is 381 g/mol. The van der Waals surface area contributed by atoms with E-state index < -0.39 is 5.41 Å². The Balaban J connectivity index is 1.69. The summed E-state index contributed by atoms with van der Waals surface area (Å²) in [5, 5.41) is 3.15. The van der Waals surface area contributed by atoms with E-state index in [0.717, 1.165) is 42.7 Å². The molecule has 28 heavy (non-hydrogen) atoms. The van der Waals surface area contributed by atoms with Crippen LogP contribution in [0.2, 0.25) is 0 Å². The predicted molar refractivity (Wildman–Crippen MR) is 113 cm³/mol. The van der Waals surface area contributed by atoms with E-state index in [4.69, 9.17) is 9.47 Å². The van der Waals surface area contributed by atoms with Crippen LogP contribution in [0.15, 0.2) is 48.5 Å². The van der Waals surface area contributed by atoms with Crippen molar-refractivity contribution in [2.24, 2.45) is 0 Å². The Labute approximate surface area is 168 Å². The third-order valence-corrected chi connectivity index (χ3v) is 5.56. The van der Waals surface area contributed by atoms with Gasteiger partial charge in [0.05, 0.1) is 12.0 Å². The third-order valence-electron chi connectivity index (χ3n) is 5.56. The van der Waals surface area contributed by atoms with Crippen molar-refractivity contribution in [3.63, 3.8) is 0 Å². The van der Waals surface area contributed by atoms with Crippen LogP contribution in [0.1, 0.15) is 50.2 Å². The zero-order valence-electron chi connectivity index (χ0n) is 17.0. The highest BCUT2D eigenvalue weighted by Crippen LogP contribution is 2.40. The summed E-state index contributed by atoms with van der Waals surface area (Å²) in [5.41, 5.74) is 2.72. The number of amides is 1. The van der Waals surface area contributed by atoms with Crippen LogP contribution in [-0.4, -0.2) is 25.7 Å². The molecule has 1 aliphatic carbocycles. The van der Waals surface area contributed by atoms with Gasteiger partial charge >= 0.3 is 0 Å². The average molecular weight is 382 g/mol. The van der Waals surface area contributed by atoms with Crippen molar-refractivity contribution < 1.29 is 14.3 Å². The Morgan fingerprint density at radius 1 is 0.964 bits per heavy atom. The zero-order valence-corrected chi connectivity index (χ0v) is 17.0. The molecule has 0 spiro atoms. The van der Waals surface area contributed by atoms with E-state index in [-0.39, 0.29) is 5.91 Å². The number of hydrogen-bond donors (Lipinski definition) is 1. The minimum Gasteiger partial charge on any atom is -0.491 e. The highest BCUT2D eigenvalue weighted by molar-refractivity contribution is 5.99. The summed E-state index contributed by atoms with van der Waals surface area (Å²) >= 11 is 0. The number of benzene rings is 2. The number of carbonyl (C=O) groups excluding carboxylic acids is 1. The molecule has 0 unspecified atom stereocenters. The molecule has 2 aromatic rings. The summed E-state index contributed by atoms with van der Waals surface area (Å²) in [6, 6.07) is 16.0. The maximum absolute atomic E-state index is 13.3. The quantitative estimate of drug-likeness (QED) is 0.635. The lowest BCUT2D eigenvalue weighted by Gasteiger charge is -2.36. The molecule has 1 N–H and O–H groups in total. The van der Waals surface area contributed by atoms with Gasteiger partial charge in [0.15, 0.2) is 0 Å². The van der Waals surface area contributed by atoms with Crippen LogP contribution in [0.5, 0.6) is 5.75 Å². The van der Waals surface area contributed by atoms with E-state index >= 15 is 0 Å². The fourth-order valence-corrected chi connectivity index (χ4v) is 3.92. The number of nitrogens with one attached hydrogen (secondary N) is 1. The maximum atomic E-state index is 13.3. The van der Waals surface area contributed by atoms with E-state index in [0.29, 0.717) is 19.8 Å². The largest absolute Gasteiger partial charge is 0.491 e. The van der Waals surface area contributed by atoms with Gasteiger partial charge < -0.3 is 14.8 Å². The molecular weight excluding hydrogens is 350 g/mol. The molecule has 0 saturated heterocycles. The highest BCUT2D eigenvalue weighted by Gasteiger charge is 2.41. The van der Waals surface area contributed by atoms with E-state index in [1.54, 1.807) is 0 Å². The molecule has 4 heteroatoms. The Kier molecular flexibility index (Phi) is 7.10. The first kappa shape index (κ1) is 20.4. The number of hydrogen-bond acceptors (Lipinski definition) is 3. The molecule has 1 saturated carbocycles. The molecular formula is C24H31NO3. The predicted octanol–water partition coefficient (Wildman–Crippen LogP) is 5.25. The molecule has 4 nitrogen and oxygen atoms in total. The van der Waals surface area contributed by atoms with Crippen LogP contribution >= 0.6 is 0 Å². The fourth-order valence-electron chi connectivity index (χ4n) is 3.92. The molecule has 1 amide bonds. The number of carbonyl (C=O) groups is 1. The van der Waals surface area contributed by atoms with Gasteiger partial charge in [-0.3, -0.25) is 4.79 Å². The van der Waals surface area contributed by atoms with Crippen molar-refractivity contribution in [1.82, 2.24) is 0 Å². The van der Waals surface area contributed by atoms with Crippen molar-refractivity contribution in [2.75, 3.05) is 25.1 Å². The van der Waals surface area contributed by atoms with Gasteiger partial charge in [0, 0.05) is 12.3 Å². The number of rotatable bonds is 8. The Morgan fingerprint density at radius 3 is 2.29 bits per heavy atom. The van der Waals surface area contributed by atoms with Crippen molar-refractivity contribution in [3.05, 3.63) is 59.7 Å². The minimum absolute atomic E-state index is 0.0982. The number of anilines is 1. The lowest BCUT2D eigenvalue weighted by molar-refractivity contribution is -0.122. The summed E-state index contributed by atoms with van der Waals surface area (Å²) < 4.78 is 10.9. The standard InChI is InChI=1S/C24H31NO3/c1-3-27-17-18-28-22-13-11-21(12-14-22)25-23(26)24(15-5-4-6-16-24)20-9-7-19(2)8-10-20/h7-14H,3-6,15-18H2,1-2H3,(H,25,26). The van der Waals surface area contributed by atoms with Crippen molar-refractivity contribution >= 4 is 11.6 Å². The van der Waals surface area contributed by atoms with Gasteiger partial charge in [-0.05, 0) is 56.5 Å². The summed E-state index contributed by atoms with van der Waals surface area (Å²) in [7, 11) is 0. The van der Waals surface area contributed by atoms with E-state index in [9.17, 15) is 4.79 Å². The molecule has 150 valence electrons. The smallest absolute Gasteiger partial charge is 0.235 e. The SMILES string of the molecule is CCOCCOc1ccc(NC(=O)C2(c3ccc(C)cc3)CCCCC2)cc1. The van der Waals surface area contributed by atoms with Gasteiger partial charge in [-0.15, -0.1) is 0 Å². The molecule has 0 aliphatic heterocycles. The molecule has 0 heterocycles. The van der Waals surface area contributed by atoms with Crippen LogP contribution in [-0.2, 0) is 14.9 Å². The van der Waals surface area contributed by atoms with Gasteiger partial charge in [0.2, 0.25) is 5.91 Å². The normalized spacial score (nSPS) is 15.8. The summed E-state index contributed by atoms with van der Waals surface area (Å²) in [4.78, 5) is 13.3. The molecule has 3 rings (SSSR count). The zero-order chi connectivity index (χ0) is 19.8. The highest BCUT2D eigenvalue weighted by atomic mass is 16.5. The van der Waals surface area contributed by atoms with Crippen LogP contribution in [0.4, 0.5) is 5.69 Å². The molecule has 1 aliphatic rings. The summed E-state index contributed by atoms with van der Waals surface area (Å²) in [6.45, 7) is 5.84. The fraction of sp³-hybridized carbons (Fsp3) is 0.458. The second-order valence-electron chi connectivity index (χ2n) is 7.53. The van der Waals surface area contributed by atoms with Crippen LogP contribution in [0.25, 0.3) is 0 Å². The maximum Gasteiger partial charge on any atom is 0.235 e. The molecule has 0 radical (unpaired) electrons. The van der Waals surface area contributed by atoms with Crippen molar-refractivity contribution in [3.8, 4) is 5.75 Å². The number of ether oxygens (including phenoxy) is 2. The first-order chi connectivity index (χ1) is 13.6. The third kappa shape index (κ3) is 4.93. The molecule has 0 atom stereocenters. The lowest BCUT2D eigenvalue weighted by atomic mass is 9.68. The van der Waals surface area contributed by atoms with Gasteiger partial charge in [0.1, 0.15) is 12.4 Å². The Hall–Kier alpha value is -2.33. The summed E-state index contributed by atoms with van der Waals surface area (Å²) in [5.74, 6) is 0.879. The van der Waals surface area contributed by atoms with E-state index in [1.165, 1.54) is 12.0 Å². The van der Waals surface area contributed by atoms with Crippen LogP contribution in [0.3, 0.4) is 0 Å². The lowest BCUT2D eigenvalue weighted by Crippen LogP contribution is -2.42. The van der Waals surface area contributed by atoms with Crippen LogP contribution in [0, 0.1) is 6.92 Å². The average Bonchev–Trinajstić information content (AvgIpc) is 2.73. The van der Waals surface area contributed by atoms with Gasteiger partial charge in [0.25, 0.3) is 0 Å². The first-order valence-corrected chi connectivity index (χ1v) is 10.3. The topological polar surface area (TPSA) is 47.6 Å². The molecule has 1 fully saturated rings. The van der Waals surface area contributed by atoms with Crippen molar-refractivity contribution in [2.45, 2.75) is 51.4 Å². The van der Waals surface area contributed by atoms with Crippen LogP contribution < -0.4 is 10.1 Å². The van der Waals surface area contributed by atoms with E-state index in [1.807, 2.05) is 31.2 Å². The second-order valence-corrected chi connectivity index (χ2v) is 7.53. The first-order valence-electron chi connectivity index (χ1n) is 10.3. The van der Waals surface area contributed by atoms with Gasteiger partial charge in [-0.1, -0.05) is 49.1 Å². The summed E-state index contributed by atoms with van der Waals surface area (Å²) in [6.07, 6.45) is 5.19. The number of aryl methyl sites for hydroxylation is 1. The second kappa shape index (κ2) is 9.74.